The number of nitrogens with one attached hydrogen (secondary N) is 1. The van der Waals surface area contributed by atoms with Gasteiger partial charge in [0.15, 0.2) is 0 Å². The molecule has 0 aliphatic heterocycles. The fourth-order valence-electron chi connectivity index (χ4n) is 1.76. The van der Waals surface area contributed by atoms with E-state index in [1.54, 1.807) is 7.11 Å². The van der Waals surface area contributed by atoms with Crippen molar-refractivity contribution < 1.29 is 4.74 Å². The Morgan fingerprint density at radius 3 is 2.45 bits per heavy atom. The van der Waals surface area contributed by atoms with E-state index in [1.807, 2.05) is 24.5 Å². The van der Waals surface area contributed by atoms with Gasteiger partial charge in [-0.1, -0.05) is 28.1 Å². The first-order valence-corrected chi connectivity index (χ1v) is 7.31. The van der Waals surface area contributed by atoms with Gasteiger partial charge in [-0.25, -0.2) is 9.97 Å². The number of ether oxygens (including phenoxy) is 1. The Kier molecular flexibility index (Phi) is 6.11. The maximum Gasteiger partial charge on any atom is 0.132 e. The van der Waals surface area contributed by atoms with Gasteiger partial charge in [0.1, 0.15) is 5.82 Å². The molecule has 0 aliphatic rings. The van der Waals surface area contributed by atoms with E-state index in [0.29, 0.717) is 6.61 Å². The predicted octanol–water partition coefficient (Wildman–Crippen LogP) is 2.57. The van der Waals surface area contributed by atoms with Gasteiger partial charge in [0.2, 0.25) is 0 Å². The number of nitrogens with zero attached hydrogens (tertiary/aromatic N) is 2. The minimum atomic E-state index is 0.711. The third-order valence-electron chi connectivity index (χ3n) is 2.85. The number of methoxy groups -OCH3 is 1. The molecule has 0 aliphatic carbocycles. The molecule has 2 rings (SSSR count). The normalized spacial score (nSPS) is 10.7. The molecular weight excluding hydrogens is 318 g/mol. The van der Waals surface area contributed by atoms with Crippen molar-refractivity contribution >= 4 is 15.9 Å². The molecule has 0 unspecified atom stereocenters. The van der Waals surface area contributed by atoms with Crippen LogP contribution in [-0.2, 0) is 17.7 Å². The first-order valence-electron chi connectivity index (χ1n) is 6.52. The smallest absolute Gasteiger partial charge is 0.132 e. The van der Waals surface area contributed by atoms with E-state index in [2.05, 4.69) is 43.3 Å². The number of aromatic nitrogens is 2. The van der Waals surface area contributed by atoms with Crippen molar-refractivity contribution in [1.82, 2.24) is 15.3 Å². The monoisotopic (exact) mass is 335 g/mol. The first kappa shape index (κ1) is 15.1. The zero-order chi connectivity index (χ0) is 14.2. The van der Waals surface area contributed by atoms with Gasteiger partial charge in [-0.15, -0.1) is 0 Å². The highest BCUT2D eigenvalue weighted by molar-refractivity contribution is 9.10. The second kappa shape index (κ2) is 8.09. The van der Waals surface area contributed by atoms with Gasteiger partial charge in [0.25, 0.3) is 0 Å². The number of hydrogen-bond donors (Lipinski definition) is 1. The molecule has 1 heterocycles. The van der Waals surface area contributed by atoms with Crippen LogP contribution in [0.15, 0.2) is 41.1 Å². The van der Waals surface area contributed by atoms with Gasteiger partial charge in [0, 0.05) is 49.0 Å². The van der Waals surface area contributed by atoms with E-state index in [0.717, 1.165) is 35.4 Å². The highest BCUT2D eigenvalue weighted by Crippen LogP contribution is 2.12. The fourth-order valence-corrected chi connectivity index (χ4v) is 2.02. The van der Waals surface area contributed by atoms with Gasteiger partial charge >= 0.3 is 0 Å². The molecule has 106 valence electrons. The van der Waals surface area contributed by atoms with Crippen LogP contribution in [0.1, 0.15) is 17.0 Å². The number of halogens is 1. The van der Waals surface area contributed by atoms with Crippen molar-refractivity contribution in [1.29, 1.82) is 0 Å². The van der Waals surface area contributed by atoms with Gasteiger partial charge in [-0.05, 0) is 17.7 Å². The molecule has 2 aromatic rings. The summed E-state index contributed by atoms with van der Waals surface area (Å²) >= 11 is 3.43. The van der Waals surface area contributed by atoms with Crippen LogP contribution in [0.4, 0.5) is 0 Å². The zero-order valence-electron chi connectivity index (χ0n) is 11.5. The van der Waals surface area contributed by atoms with E-state index >= 15 is 0 Å². The Labute approximate surface area is 127 Å². The van der Waals surface area contributed by atoms with Crippen molar-refractivity contribution in [2.45, 2.75) is 13.0 Å². The Hall–Kier alpha value is -1.30. The Bertz CT molecular complexity index is 514. The van der Waals surface area contributed by atoms with Gasteiger partial charge in [-0.3, -0.25) is 0 Å². The summed E-state index contributed by atoms with van der Waals surface area (Å²) in [6.07, 6.45) is 4.51. The van der Waals surface area contributed by atoms with E-state index < -0.39 is 0 Å². The first-order chi connectivity index (χ1) is 9.78. The van der Waals surface area contributed by atoms with Crippen molar-refractivity contribution in [3.05, 3.63) is 58.1 Å². The number of hydrogen-bond acceptors (Lipinski definition) is 4. The van der Waals surface area contributed by atoms with E-state index in [4.69, 9.17) is 4.74 Å². The van der Waals surface area contributed by atoms with Crippen molar-refractivity contribution in [3.8, 4) is 0 Å². The standard InChI is InChI=1S/C15H18BrN3O/c1-20-7-6-17-9-13-10-18-15(19-11-13)8-12-2-4-14(16)5-3-12/h2-5,10-11,17H,6-9H2,1H3. The van der Waals surface area contributed by atoms with Crippen LogP contribution in [0, 0.1) is 0 Å². The maximum absolute atomic E-state index is 4.98. The van der Waals surface area contributed by atoms with Crippen LogP contribution in [0.3, 0.4) is 0 Å². The molecule has 0 fully saturated rings. The van der Waals surface area contributed by atoms with Crippen molar-refractivity contribution in [3.63, 3.8) is 0 Å². The Morgan fingerprint density at radius 1 is 1.10 bits per heavy atom. The third kappa shape index (κ3) is 5.00. The SMILES string of the molecule is COCCNCc1cnc(Cc2ccc(Br)cc2)nc1. The summed E-state index contributed by atoms with van der Waals surface area (Å²) in [5.74, 6) is 0.841. The van der Waals surface area contributed by atoms with Crippen LogP contribution in [0.2, 0.25) is 0 Å². The lowest BCUT2D eigenvalue weighted by Crippen LogP contribution is -2.18. The molecule has 20 heavy (non-hydrogen) atoms. The molecule has 0 spiro atoms. The number of benzene rings is 1. The minimum Gasteiger partial charge on any atom is -0.383 e. The predicted molar refractivity (Wildman–Crippen MR) is 82.6 cm³/mol. The molecular formula is C15H18BrN3O. The lowest BCUT2D eigenvalue weighted by atomic mass is 10.1. The average Bonchev–Trinajstić information content (AvgIpc) is 2.48. The van der Waals surface area contributed by atoms with Crippen LogP contribution >= 0.6 is 15.9 Å². The molecule has 1 aromatic heterocycles. The molecule has 1 N–H and O–H groups in total. The summed E-state index contributed by atoms with van der Waals surface area (Å²) in [6, 6.07) is 8.22. The highest BCUT2D eigenvalue weighted by Gasteiger charge is 2.00. The summed E-state index contributed by atoms with van der Waals surface area (Å²) in [4.78, 5) is 8.80. The van der Waals surface area contributed by atoms with Crippen molar-refractivity contribution in [2.75, 3.05) is 20.3 Å². The zero-order valence-corrected chi connectivity index (χ0v) is 13.1. The molecule has 4 nitrogen and oxygen atoms in total. The lowest BCUT2D eigenvalue weighted by Gasteiger charge is -2.05. The molecule has 0 saturated heterocycles. The fraction of sp³-hybridized carbons (Fsp3) is 0.333. The minimum absolute atomic E-state index is 0.711. The molecule has 0 amide bonds. The Balaban J connectivity index is 1.86. The second-order valence-corrected chi connectivity index (χ2v) is 5.40. The molecule has 0 atom stereocenters. The van der Waals surface area contributed by atoms with E-state index in [9.17, 15) is 0 Å². The second-order valence-electron chi connectivity index (χ2n) is 4.48. The van der Waals surface area contributed by atoms with Crippen LogP contribution in [-0.4, -0.2) is 30.2 Å². The molecule has 1 aromatic carbocycles. The van der Waals surface area contributed by atoms with Gasteiger partial charge < -0.3 is 10.1 Å². The third-order valence-corrected chi connectivity index (χ3v) is 3.38. The van der Waals surface area contributed by atoms with Gasteiger partial charge in [-0.2, -0.15) is 0 Å². The molecule has 0 saturated carbocycles. The van der Waals surface area contributed by atoms with Crippen LogP contribution < -0.4 is 5.32 Å². The molecule has 0 bridgehead atoms. The Morgan fingerprint density at radius 2 is 1.80 bits per heavy atom. The van der Waals surface area contributed by atoms with Crippen molar-refractivity contribution in [2.24, 2.45) is 0 Å². The van der Waals surface area contributed by atoms with Gasteiger partial charge in [0.05, 0.1) is 6.61 Å². The molecule has 0 radical (unpaired) electrons. The van der Waals surface area contributed by atoms with E-state index in [1.165, 1.54) is 5.56 Å². The number of rotatable bonds is 7. The summed E-state index contributed by atoms with van der Waals surface area (Å²) < 4.78 is 6.06. The summed E-state index contributed by atoms with van der Waals surface area (Å²) in [7, 11) is 1.70. The summed E-state index contributed by atoms with van der Waals surface area (Å²) in [6.45, 7) is 2.31. The average molecular weight is 336 g/mol. The highest BCUT2D eigenvalue weighted by atomic mass is 79.9. The summed E-state index contributed by atoms with van der Waals surface area (Å²) in [5, 5.41) is 3.27. The topological polar surface area (TPSA) is 47.0 Å². The van der Waals surface area contributed by atoms with E-state index in [-0.39, 0.29) is 0 Å². The van der Waals surface area contributed by atoms with Crippen LogP contribution in [0.5, 0.6) is 0 Å². The molecule has 5 heteroatoms. The maximum atomic E-state index is 4.98. The lowest BCUT2D eigenvalue weighted by molar-refractivity contribution is 0.199. The quantitative estimate of drug-likeness (QED) is 0.790. The largest absolute Gasteiger partial charge is 0.383 e. The van der Waals surface area contributed by atoms with Crippen LogP contribution in [0.25, 0.3) is 0 Å². The summed E-state index contributed by atoms with van der Waals surface area (Å²) in [5.41, 5.74) is 2.29.